The van der Waals surface area contributed by atoms with E-state index in [0.29, 0.717) is 36.6 Å². The van der Waals surface area contributed by atoms with Crippen molar-refractivity contribution in [2.75, 3.05) is 0 Å². The van der Waals surface area contributed by atoms with Crippen LogP contribution in [0.5, 0.6) is 0 Å². The van der Waals surface area contributed by atoms with E-state index in [1.54, 1.807) is 26.8 Å². The molecule has 0 radical (unpaired) electrons. The van der Waals surface area contributed by atoms with Crippen molar-refractivity contribution >= 4 is 23.9 Å². The van der Waals surface area contributed by atoms with Gasteiger partial charge in [-0.3, -0.25) is 14.4 Å². The normalized spacial score (nSPS) is 23.8. The first-order valence-electron chi connectivity index (χ1n) is 30.7. The molecule has 3 N–H and O–H groups in total. The summed E-state index contributed by atoms with van der Waals surface area (Å²) in [6.07, 6.45) is 19.5. The van der Waals surface area contributed by atoms with Gasteiger partial charge in [0, 0.05) is 26.8 Å². The lowest BCUT2D eigenvalue weighted by molar-refractivity contribution is -0.240. The van der Waals surface area contributed by atoms with Crippen LogP contribution in [0.2, 0.25) is 0 Å². The van der Waals surface area contributed by atoms with Gasteiger partial charge in [-0.1, -0.05) is 95.7 Å². The van der Waals surface area contributed by atoms with E-state index >= 15 is 0 Å². The van der Waals surface area contributed by atoms with Crippen LogP contribution in [0, 0.1) is 0 Å². The maximum Gasteiger partial charge on any atom is 0.330 e. The van der Waals surface area contributed by atoms with Crippen molar-refractivity contribution in [1.82, 2.24) is 0 Å². The minimum atomic E-state index is -0.343. The van der Waals surface area contributed by atoms with E-state index in [9.17, 15) is 19.2 Å². The molecule has 0 aromatic carbocycles. The van der Waals surface area contributed by atoms with Crippen LogP contribution in [-0.2, 0) is 66.5 Å². The molecule has 3 aliphatic heterocycles. The number of carbonyl (C=O) groups is 4. The van der Waals surface area contributed by atoms with Crippen molar-refractivity contribution < 1.29 is 81.9 Å². The van der Waals surface area contributed by atoms with Crippen molar-refractivity contribution in [3.63, 3.8) is 0 Å². The Labute approximate surface area is 497 Å². The molecule has 488 valence electrons. The molecule has 17 heteroatoms. The first kappa shape index (κ1) is 91.7. The SMILES string of the molecule is C=CC(=O)OC(C)CC.C=CC1OC(C)CC(CC)O1.CCC(C)O.CCC(C)O.CCC(C)O.CCC(C)OC(C)=O.CCC(C)OC(C)=O.CCC(C)OC(C)=O.CCC1CC(C)OC(C)O1.CCCC1OC(C)CC(CC)O1. The minimum absolute atomic E-state index is 0.00583. The Kier molecular flexibility index (Phi) is 71.4. The van der Waals surface area contributed by atoms with Crippen LogP contribution in [0.15, 0.2) is 25.3 Å². The Hall–Kier alpha value is -3.00. The highest BCUT2D eigenvalue weighted by Gasteiger charge is 2.26. The van der Waals surface area contributed by atoms with Crippen LogP contribution in [0.4, 0.5) is 0 Å². The Bertz CT molecular complexity index is 1330. The number of esters is 4. The summed E-state index contributed by atoms with van der Waals surface area (Å²) >= 11 is 0. The largest absolute Gasteiger partial charge is 0.463 e. The Morgan fingerprint density at radius 3 is 1.00 bits per heavy atom. The van der Waals surface area contributed by atoms with Gasteiger partial charge in [0.1, 0.15) is 0 Å². The van der Waals surface area contributed by atoms with Crippen molar-refractivity contribution in [2.45, 2.75) is 368 Å². The van der Waals surface area contributed by atoms with E-state index in [0.717, 1.165) is 96.3 Å². The summed E-state index contributed by atoms with van der Waals surface area (Å²) in [7, 11) is 0. The average Bonchev–Trinajstić information content (AvgIpc) is 3.40. The molecule has 0 aliphatic carbocycles. The van der Waals surface area contributed by atoms with Gasteiger partial charge in [-0.05, 0) is 172 Å². The molecule has 81 heavy (non-hydrogen) atoms. The smallest absolute Gasteiger partial charge is 0.330 e. The number of aliphatic hydroxyl groups excluding tert-OH is 3. The second-order valence-electron chi connectivity index (χ2n) is 20.6. The average molecular weight is 1170 g/mol. The summed E-state index contributed by atoms with van der Waals surface area (Å²) in [5.41, 5.74) is 0. The number of ether oxygens (including phenoxy) is 10. The monoisotopic (exact) mass is 1170 g/mol. The van der Waals surface area contributed by atoms with Crippen molar-refractivity contribution in [2.24, 2.45) is 0 Å². The highest BCUT2D eigenvalue weighted by molar-refractivity contribution is 5.81. The molecule has 0 aromatic heterocycles. The van der Waals surface area contributed by atoms with Gasteiger partial charge in [0.25, 0.3) is 0 Å². The molecule has 0 spiro atoms. The zero-order valence-electron chi connectivity index (χ0n) is 56.5. The Morgan fingerprint density at radius 1 is 0.457 bits per heavy atom. The van der Waals surface area contributed by atoms with E-state index in [-0.39, 0.29) is 85.5 Å². The lowest BCUT2D eigenvalue weighted by Crippen LogP contribution is -2.36. The topological polar surface area (TPSA) is 221 Å². The molecule has 3 heterocycles. The third-order valence-corrected chi connectivity index (χ3v) is 11.8. The van der Waals surface area contributed by atoms with Gasteiger partial charge < -0.3 is 62.7 Å². The predicted octanol–water partition coefficient (Wildman–Crippen LogP) is 14.6. The van der Waals surface area contributed by atoms with Gasteiger partial charge in [0.05, 0.1) is 79.4 Å². The standard InChI is InChI=1S/C10H20O2.C9H16O2.C8H16O2.C7H12O2.3C6H12O2.3C4H10O/c1-4-6-10-11-8(3)7-9(5-2)12-10;1-4-8-6-7(3)10-9(5-2)11-8;1-4-8-5-6(2)9-7(3)10-8;1-4-6(3)9-7(8)5-2;3*1-4-5(2)8-6(3)7;3*1-3-4(2)5/h8-10H,4-7H2,1-3H3;5,7-9H,2,4,6H2,1,3H3;6-8H,4-5H2,1-3H3;5-6H,2,4H2,1,3H3;3*5H,4H2,1-3H3;3*4-5H,3H2,1-2H3. The molecule has 0 aromatic rings. The molecule has 3 fully saturated rings. The molecule has 3 saturated heterocycles. The van der Waals surface area contributed by atoms with E-state index in [2.05, 4.69) is 61.6 Å². The molecule has 16 atom stereocenters. The molecule has 0 bridgehead atoms. The second kappa shape index (κ2) is 63.0. The third kappa shape index (κ3) is 75.0. The van der Waals surface area contributed by atoms with Crippen LogP contribution < -0.4 is 0 Å². The van der Waals surface area contributed by atoms with Crippen LogP contribution in [0.1, 0.15) is 269 Å². The quantitative estimate of drug-likeness (QED) is 0.0502. The first-order chi connectivity index (χ1) is 37.7. The third-order valence-electron chi connectivity index (χ3n) is 11.8. The maximum absolute atomic E-state index is 10.4. The molecule has 3 aliphatic rings. The van der Waals surface area contributed by atoms with Crippen molar-refractivity contribution in [3.05, 3.63) is 25.3 Å². The van der Waals surface area contributed by atoms with Crippen LogP contribution in [-0.4, -0.2) is 137 Å². The molecule has 17 nitrogen and oxygen atoms in total. The Morgan fingerprint density at radius 2 is 0.753 bits per heavy atom. The molecular formula is C64H130O17. The first-order valence-corrected chi connectivity index (χ1v) is 30.7. The fourth-order valence-electron chi connectivity index (χ4n) is 5.73. The van der Waals surface area contributed by atoms with Crippen LogP contribution in [0.3, 0.4) is 0 Å². The minimum Gasteiger partial charge on any atom is -0.463 e. The molecular weight excluding hydrogens is 1040 g/mol. The Balaban J connectivity index is -0.000000152. The van der Waals surface area contributed by atoms with E-state index in [4.69, 9.17) is 62.7 Å². The number of hydrogen-bond acceptors (Lipinski definition) is 17. The van der Waals surface area contributed by atoms with Crippen molar-refractivity contribution in [1.29, 1.82) is 0 Å². The summed E-state index contributed by atoms with van der Waals surface area (Å²) in [5.74, 6) is -0.928. The van der Waals surface area contributed by atoms with Crippen LogP contribution >= 0.6 is 0 Å². The van der Waals surface area contributed by atoms with Gasteiger partial charge in [-0.2, -0.15) is 0 Å². The van der Waals surface area contributed by atoms with Gasteiger partial charge in [0.15, 0.2) is 18.9 Å². The highest BCUT2D eigenvalue weighted by atomic mass is 16.7. The number of carbonyl (C=O) groups excluding carboxylic acids is 4. The maximum atomic E-state index is 10.4. The summed E-state index contributed by atoms with van der Waals surface area (Å²) in [6, 6.07) is 0. The summed E-state index contributed by atoms with van der Waals surface area (Å²) in [5, 5.41) is 25.1. The molecule has 3 rings (SSSR count). The zero-order valence-corrected chi connectivity index (χ0v) is 56.5. The molecule has 16 unspecified atom stereocenters. The van der Waals surface area contributed by atoms with Crippen LogP contribution in [0.25, 0.3) is 0 Å². The van der Waals surface area contributed by atoms with E-state index in [1.807, 2.05) is 83.1 Å². The highest BCUT2D eigenvalue weighted by Crippen LogP contribution is 2.23. The molecule has 0 saturated carbocycles. The summed E-state index contributed by atoms with van der Waals surface area (Å²) in [6.45, 7) is 54.6. The van der Waals surface area contributed by atoms with Crippen molar-refractivity contribution in [3.8, 4) is 0 Å². The molecule has 0 amide bonds. The summed E-state index contributed by atoms with van der Waals surface area (Å²) < 4.78 is 52.3. The lowest BCUT2D eigenvalue weighted by atomic mass is 10.1. The number of aliphatic hydroxyl groups is 3. The number of rotatable bonds is 18. The van der Waals surface area contributed by atoms with E-state index in [1.165, 1.54) is 26.8 Å². The van der Waals surface area contributed by atoms with Gasteiger partial charge >= 0.3 is 23.9 Å². The fraction of sp³-hybridized carbons (Fsp3) is 0.875. The second-order valence-corrected chi connectivity index (χ2v) is 20.6. The predicted molar refractivity (Wildman–Crippen MR) is 330 cm³/mol. The number of hydrogen-bond donors (Lipinski definition) is 3. The van der Waals surface area contributed by atoms with Gasteiger partial charge in [-0.15, -0.1) is 0 Å². The van der Waals surface area contributed by atoms with E-state index < -0.39 is 0 Å². The lowest BCUT2D eigenvalue weighted by Gasteiger charge is -2.33. The van der Waals surface area contributed by atoms with Gasteiger partial charge in [-0.25, -0.2) is 4.79 Å². The zero-order chi connectivity index (χ0) is 64.6. The fourth-order valence-corrected chi connectivity index (χ4v) is 5.73. The summed E-state index contributed by atoms with van der Waals surface area (Å²) in [4.78, 5) is 41.0. The van der Waals surface area contributed by atoms with Gasteiger partial charge in [0.2, 0.25) is 0 Å².